The Labute approximate surface area is 122 Å². The molecule has 2 heterocycles. The summed E-state index contributed by atoms with van der Waals surface area (Å²) in [6, 6.07) is 4.69. The van der Waals surface area contributed by atoms with E-state index in [1.165, 1.54) is 18.5 Å². The standard InChI is InChI=1S/C13H10F3N5O/c14-13(15,16)8-3-1-7(2-4-8)5-22-11-9-10(19-6-18-9)20-12(17)21-11/h1-4,6H,5H2,(H3,17,18,19,20,21). The summed E-state index contributed by atoms with van der Waals surface area (Å²) in [6.07, 6.45) is -2.94. The van der Waals surface area contributed by atoms with Crippen LogP contribution in [-0.4, -0.2) is 19.9 Å². The number of hydrogen-bond donors (Lipinski definition) is 2. The molecule has 3 N–H and O–H groups in total. The molecule has 0 spiro atoms. The van der Waals surface area contributed by atoms with Gasteiger partial charge in [-0.05, 0) is 17.7 Å². The highest BCUT2D eigenvalue weighted by atomic mass is 19.4. The topological polar surface area (TPSA) is 89.7 Å². The van der Waals surface area contributed by atoms with Crippen LogP contribution in [0.5, 0.6) is 5.88 Å². The second-order valence-electron chi connectivity index (χ2n) is 4.47. The molecule has 0 fully saturated rings. The van der Waals surface area contributed by atoms with E-state index in [0.29, 0.717) is 16.7 Å². The normalized spacial score (nSPS) is 11.8. The predicted octanol–water partition coefficient (Wildman–Crippen LogP) is 2.53. The monoisotopic (exact) mass is 309 g/mol. The van der Waals surface area contributed by atoms with Crippen molar-refractivity contribution in [1.29, 1.82) is 0 Å². The summed E-state index contributed by atoms with van der Waals surface area (Å²) in [5.74, 6) is 0.196. The van der Waals surface area contributed by atoms with Gasteiger partial charge in [-0.15, -0.1) is 0 Å². The molecule has 6 nitrogen and oxygen atoms in total. The van der Waals surface area contributed by atoms with Gasteiger partial charge in [-0.25, -0.2) is 4.98 Å². The number of aromatic nitrogens is 4. The molecule has 3 aromatic rings. The van der Waals surface area contributed by atoms with E-state index in [-0.39, 0.29) is 18.4 Å². The second-order valence-corrected chi connectivity index (χ2v) is 4.47. The number of halogens is 3. The van der Waals surface area contributed by atoms with E-state index in [0.717, 1.165) is 12.1 Å². The van der Waals surface area contributed by atoms with Gasteiger partial charge in [-0.2, -0.15) is 23.1 Å². The van der Waals surface area contributed by atoms with Crippen molar-refractivity contribution < 1.29 is 17.9 Å². The molecule has 1 aromatic carbocycles. The Kier molecular flexibility index (Phi) is 3.32. The van der Waals surface area contributed by atoms with Crippen molar-refractivity contribution in [3.63, 3.8) is 0 Å². The van der Waals surface area contributed by atoms with Crippen molar-refractivity contribution in [3.05, 3.63) is 41.7 Å². The highest BCUT2D eigenvalue weighted by Gasteiger charge is 2.29. The van der Waals surface area contributed by atoms with Gasteiger partial charge in [0.25, 0.3) is 0 Å². The zero-order valence-electron chi connectivity index (χ0n) is 11.1. The van der Waals surface area contributed by atoms with E-state index in [1.54, 1.807) is 0 Å². The van der Waals surface area contributed by atoms with Crippen molar-refractivity contribution >= 4 is 17.1 Å². The van der Waals surface area contributed by atoms with Crippen LogP contribution in [0.25, 0.3) is 11.2 Å². The van der Waals surface area contributed by atoms with Crippen molar-refractivity contribution in [2.45, 2.75) is 12.8 Å². The number of nitrogens with one attached hydrogen (secondary N) is 1. The first-order valence-electron chi connectivity index (χ1n) is 6.19. The third-order valence-electron chi connectivity index (χ3n) is 2.93. The lowest BCUT2D eigenvalue weighted by molar-refractivity contribution is -0.137. The van der Waals surface area contributed by atoms with Crippen LogP contribution in [0.1, 0.15) is 11.1 Å². The zero-order valence-corrected chi connectivity index (χ0v) is 11.1. The molecule has 114 valence electrons. The first-order valence-corrected chi connectivity index (χ1v) is 6.19. The summed E-state index contributed by atoms with van der Waals surface area (Å²) >= 11 is 0. The number of fused-ring (bicyclic) bond motifs is 1. The average molecular weight is 309 g/mol. The molecule has 0 amide bonds. The van der Waals surface area contributed by atoms with Gasteiger partial charge in [0, 0.05) is 0 Å². The van der Waals surface area contributed by atoms with Crippen molar-refractivity contribution in [1.82, 2.24) is 19.9 Å². The van der Waals surface area contributed by atoms with Crippen LogP contribution in [0.2, 0.25) is 0 Å². The molecule has 3 rings (SSSR count). The number of nitrogens with two attached hydrogens (primary N) is 1. The fraction of sp³-hybridized carbons (Fsp3) is 0.154. The smallest absolute Gasteiger partial charge is 0.416 e. The highest BCUT2D eigenvalue weighted by Crippen LogP contribution is 2.29. The largest absolute Gasteiger partial charge is 0.471 e. The maximum Gasteiger partial charge on any atom is 0.416 e. The third kappa shape index (κ3) is 2.78. The molecule has 0 radical (unpaired) electrons. The van der Waals surface area contributed by atoms with Gasteiger partial charge >= 0.3 is 6.18 Å². The number of alkyl halides is 3. The van der Waals surface area contributed by atoms with Crippen molar-refractivity contribution in [2.24, 2.45) is 0 Å². The molecule has 0 unspecified atom stereocenters. The number of H-pyrrole nitrogens is 1. The van der Waals surface area contributed by atoms with Crippen molar-refractivity contribution in [2.75, 3.05) is 5.73 Å². The molecule has 2 aromatic heterocycles. The lowest BCUT2D eigenvalue weighted by Crippen LogP contribution is -2.05. The van der Waals surface area contributed by atoms with Crippen LogP contribution in [0.3, 0.4) is 0 Å². The van der Waals surface area contributed by atoms with Gasteiger partial charge < -0.3 is 15.5 Å². The Morgan fingerprint density at radius 3 is 2.55 bits per heavy atom. The fourth-order valence-electron chi connectivity index (χ4n) is 1.87. The number of rotatable bonds is 3. The number of nitrogen functional groups attached to an aromatic ring is 1. The van der Waals surface area contributed by atoms with E-state index in [1.807, 2.05) is 0 Å². The molecule has 0 aliphatic heterocycles. The number of aromatic amines is 1. The van der Waals surface area contributed by atoms with Gasteiger partial charge in [0.05, 0.1) is 11.9 Å². The molecule has 22 heavy (non-hydrogen) atoms. The lowest BCUT2D eigenvalue weighted by Gasteiger charge is -2.09. The predicted molar refractivity (Wildman–Crippen MR) is 71.9 cm³/mol. The van der Waals surface area contributed by atoms with Crippen LogP contribution in [0.4, 0.5) is 19.1 Å². The molecule has 0 atom stereocenters. The average Bonchev–Trinajstić information content (AvgIpc) is 2.92. The Balaban J connectivity index is 1.78. The summed E-state index contributed by atoms with van der Waals surface area (Å²) < 4.78 is 42.9. The fourth-order valence-corrected chi connectivity index (χ4v) is 1.87. The summed E-state index contributed by atoms with van der Waals surface area (Å²) in [6.45, 7) is 0.0444. The molecule has 0 bridgehead atoms. The summed E-state index contributed by atoms with van der Waals surface area (Å²) in [5.41, 5.74) is 6.23. The first kappa shape index (κ1) is 14.1. The Morgan fingerprint density at radius 2 is 1.86 bits per heavy atom. The highest BCUT2D eigenvalue weighted by molar-refractivity contribution is 5.76. The first-order chi connectivity index (χ1) is 10.4. The minimum Gasteiger partial charge on any atom is -0.471 e. The number of benzene rings is 1. The van der Waals surface area contributed by atoms with Gasteiger partial charge in [-0.1, -0.05) is 12.1 Å². The number of hydrogen-bond acceptors (Lipinski definition) is 5. The Bertz CT molecular complexity index is 798. The maximum absolute atomic E-state index is 12.5. The van der Waals surface area contributed by atoms with E-state index in [4.69, 9.17) is 10.5 Å². The minimum absolute atomic E-state index is 0.00187. The SMILES string of the molecule is Nc1nc(OCc2ccc(C(F)(F)F)cc2)c2[nH]cnc2n1. The minimum atomic E-state index is -4.36. The Hall–Kier alpha value is -2.84. The lowest BCUT2D eigenvalue weighted by atomic mass is 10.1. The number of anilines is 1. The molecular formula is C13H10F3N5O. The van der Waals surface area contributed by atoms with Gasteiger partial charge in [-0.3, -0.25) is 0 Å². The van der Waals surface area contributed by atoms with Gasteiger partial charge in [0.2, 0.25) is 11.8 Å². The van der Waals surface area contributed by atoms with Crippen molar-refractivity contribution in [3.8, 4) is 5.88 Å². The van der Waals surface area contributed by atoms with Crippen LogP contribution in [0, 0.1) is 0 Å². The van der Waals surface area contributed by atoms with E-state index >= 15 is 0 Å². The number of ether oxygens (including phenoxy) is 1. The van der Waals surface area contributed by atoms with Crippen LogP contribution in [-0.2, 0) is 12.8 Å². The summed E-state index contributed by atoms with van der Waals surface area (Å²) in [7, 11) is 0. The molecule has 0 saturated heterocycles. The second kappa shape index (κ2) is 5.17. The van der Waals surface area contributed by atoms with Gasteiger partial charge in [0.15, 0.2) is 5.65 Å². The van der Waals surface area contributed by atoms with E-state index < -0.39 is 11.7 Å². The molecule has 0 saturated carbocycles. The van der Waals surface area contributed by atoms with Gasteiger partial charge in [0.1, 0.15) is 12.1 Å². The summed E-state index contributed by atoms with van der Waals surface area (Å²) in [5, 5.41) is 0. The Morgan fingerprint density at radius 1 is 1.14 bits per heavy atom. The quantitative estimate of drug-likeness (QED) is 0.776. The molecular weight excluding hydrogens is 299 g/mol. The number of imidazole rings is 1. The summed E-state index contributed by atoms with van der Waals surface area (Å²) in [4.78, 5) is 14.6. The zero-order chi connectivity index (χ0) is 15.7. The van der Waals surface area contributed by atoms with Crippen LogP contribution >= 0.6 is 0 Å². The van der Waals surface area contributed by atoms with E-state index in [9.17, 15) is 13.2 Å². The third-order valence-corrected chi connectivity index (χ3v) is 2.93. The van der Waals surface area contributed by atoms with Crippen LogP contribution < -0.4 is 10.5 Å². The molecule has 0 aliphatic carbocycles. The number of nitrogens with zero attached hydrogens (tertiary/aromatic N) is 3. The molecule has 9 heteroatoms. The van der Waals surface area contributed by atoms with E-state index in [2.05, 4.69) is 19.9 Å². The molecule has 0 aliphatic rings. The van der Waals surface area contributed by atoms with Crippen LogP contribution in [0.15, 0.2) is 30.6 Å². The maximum atomic E-state index is 12.5.